The lowest BCUT2D eigenvalue weighted by Crippen LogP contribution is -2.41. The molecule has 1 N–H and O–H groups in total. The van der Waals surface area contributed by atoms with E-state index in [1.807, 2.05) is 6.92 Å². The van der Waals surface area contributed by atoms with E-state index in [9.17, 15) is 8.42 Å². The SMILES string of the molecule is Cc1ccc(S(=O)(=O)N[C@@H]2CCCC[C@@H]2C#N)cc1. The second kappa shape index (κ2) is 5.72. The van der Waals surface area contributed by atoms with Gasteiger partial charge in [-0.2, -0.15) is 5.26 Å². The zero-order chi connectivity index (χ0) is 13.9. The zero-order valence-corrected chi connectivity index (χ0v) is 11.8. The van der Waals surface area contributed by atoms with Gasteiger partial charge in [0, 0.05) is 6.04 Å². The van der Waals surface area contributed by atoms with E-state index in [0.29, 0.717) is 0 Å². The first-order chi connectivity index (χ1) is 9.03. The summed E-state index contributed by atoms with van der Waals surface area (Å²) >= 11 is 0. The lowest BCUT2D eigenvalue weighted by molar-refractivity contribution is 0.346. The monoisotopic (exact) mass is 278 g/mol. The van der Waals surface area contributed by atoms with E-state index < -0.39 is 10.0 Å². The van der Waals surface area contributed by atoms with Crippen LogP contribution in [-0.4, -0.2) is 14.5 Å². The highest BCUT2D eigenvalue weighted by atomic mass is 32.2. The lowest BCUT2D eigenvalue weighted by Gasteiger charge is -2.27. The number of nitrogens with zero attached hydrogens (tertiary/aromatic N) is 1. The van der Waals surface area contributed by atoms with E-state index in [1.54, 1.807) is 24.3 Å². The molecule has 2 rings (SSSR count). The Bertz CT molecular complexity index is 572. The number of rotatable bonds is 3. The van der Waals surface area contributed by atoms with Gasteiger partial charge in [-0.05, 0) is 31.9 Å². The van der Waals surface area contributed by atoms with Gasteiger partial charge in [-0.3, -0.25) is 0 Å². The van der Waals surface area contributed by atoms with Crippen molar-refractivity contribution in [3.63, 3.8) is 0 Å². The van der Waals surface area contributed by atoms with Crippen LogP contribution in [0, 0.1) is 24.2 Å². The fraction of sp³-hybridized carbons (Fsp3) is 0.500. The molecule has 1 fully saturated rings. The number of nitriles is 1. The van der Waals surface area contributed by atoms with Crippen molar-refractivity contribution in [2.75, 3.05) is 0 Å². The van der Waals surface area contributed by atoms with Crippen molar-refractivity contribution < 1.29 is 8.42 Å². The van der Waals surface area contributed by atoms with Gasteiger partial charge in [-0.25, -0.2) is 13.1 Å². The molecule has 0 unspecified atom stereocenters. The van der Waals surface area contributed by atoms with Crippen LogP contribution in [0.5, 0.6) is 0 Å². The third kappa shape index (κ3) is 3.34. The molecular weight excluding hydrogens is 260 g/mol. The highest BCUT2D eigenvalue weighted by Crippen LogP contribution is 2.25. The normalized spacial score (nSPS) is 23.8. The summed E-state index contributed by atoms with van der Waals surface area (Å²) in [5, 5.41) is 9.08. The van der Waals surface area contributed by atoms with Crippen LogP contribution in [0.3, 0.4) is 0 Å². The van der Waals surface area contributed by atoms with Crippen LogP contribution >= 0.6 is 0 Å². The second-order valence-electron chi connectivity index (χ2n) is 5.06. The summed E-state index contributed by atoms with van der Waals surface area (Å²) in [4.78, 5) is 0.264. The Morgan fingerprint density at radius 1 is 1.21 bits per heavy atom. The summed E-state index contributed by atoms with van der Waals surface area (Å²) < 4.78 is 27.2. The van der Waals surface area contributed by atoms with E-state index >= 15 is 0 Å². The second-order valence-corrected chi connectivity index (χ2v) is 6.77. The predicted octanol–water partition coefficient (Wildman–Crippen LogP) is 2.36. The summed E-state index contributed by atoms with van der Waals surface area (Å²) in [6.07, 6.45) is 3.49. The number of aryl methyl sites for hydroxylation is 1. The molecule has 0 saturated heterocycles. The van der Waals surface area contributed by atoms with Crippen molar-refractivity contribution in [3.05, 3.63) is 29.8 Å². The van der Waals surface area contributed by atoms with Crippen molar-refractivity contribution in [2.24, 2.45) is 5.92 Å². The molecule has 1 aliphatic carbocycles. The number of sulfonamides is 1. The van der Waals surface area contributed by atoms with Crippen LogP contribution in [0.4, 0.5) is 0 Å². The average Bonchev–Trinajstić information content (AvgIpc) is 2.39. The standard InChI is InChI=1S/C14H18N2O2S/c1-11-6-8-13(9-7-11)19(17,18)16-14-5-3-2-4-12(14)10-15/h6-9,12,14,16H,2-5H2,1H3/t12-,14-/m1/s1. The van der Waals surface area contributed by atoms with Gasteiger partial charge in [0.05, 0.1) is 16.9 Å². The van der Waals surface area contributed by atoms with E-state index in [2.05, 4.69) is 10.8 Å². The minimum Gasteiger partial charge on any atom is -0.207 e. The molecule has 0 spiro atoms. The Morgan fingerprint density at radius 2 is 1.84 bits per heavy atom. The number of benzene rings is 1. The van der Waals surface area contributed by atoms with Crippen LogP contribution < -0.4 is 4.72 Å². The summed E-state index contributed by atoms with van der Waals surface area (Å²) in [7, 11) is -3.52. The molecule has 1 aromatic rings. The summed E-state index contributed by atoms with van der Waals surface area (Å²) in [6.45, 7) is 1.91. The molecule has 1 aliphatic rings. The molecule has 102 valence electrons. The first-order valence-corrected chi connectivity index (χ1v) is 8.00. The first-order valence-electron chi connectivity index (χ1n) is 6.51. The van der Waals surface area contributed by atoms with Crippen LogP contribution in [0.25, 0.3) is 0 Å². The highest BCUT2D eigenvalue weighted by Gasteiger charge is 2.29. The van der Waals surface area contributed by atoms with Crippen molar-refractivity contribution in [1.29, 1.82) is 5.26 Å². The van der Waals surface area contributed by atoms with Gasteiger partial charge >= 0.3 is 0 Å². The van der Waals surface area contributed by atoms with E-state index in [1.165, 1.54) is 0 Å². The maximum atomic E-state index is 12.3. The van der Waals surface area contributed by atoms with Gasteiger partial charge in [0.1, 0.15) is 0 Å². The lowest BCUT2D eigenvalue weighted by atomic mass is 9.86. The predicted molar refractivity (Wildman–Crippen MR) is 72.9 cm³/mol. The van der Waals surface area contributed by atoms with E-state index in [-0.39, 0.29) is 16.9 Å². The number of hydrogen-bond acceptors (Lipinski definition) is 3. The fourth-order valence-electron chi connectivity index (χ4n) is 2.41. The molecule has 19 heavy (non-hydrogen) atoms. The summed E-state index contributed by atoms with van der Waals surface area (Å²) in [5.74, 6) is -0.214. The van der Waals surface area contributed by atoms with Gasteiger partial charge < -0.3 is 0 Å². The quantitative estimate of drug-likeness (QED) is 0.922. The third-order valence-electron chi connectivity index (χ3n) is 3.57. The van der Waals surface area contributed by atoms with Gasteiger partial charge in [0.15, 0.2) is 0 Å². The van der Waals surface area contributed by atoms with Crippen molar-refractivity contribution in [2.45, 2.75) is 43.5 Å². The Balaban J connectivity index is 2.17. The van der Waals surface area contributed by atoms with E-state index in [0.717, 1.165) is 31.2 Å². The topological polar surface area (TPSA) is 70.0 Å². The smallest absolute Gasteiger partial charge is 0.207 e. The van der Waals surface area contributed by atoms with Crippen LogP contribution in [-0.2, 0) is 10.0 Å². The molecule has 0 heterocycles. The van der Waals surface area contributed by atoms with E-state index in [4.69, 9.17) is 5.26 Å². The van der Waals surface area contributed by atoms with Gasteiger partial charge in [-0.15, -0.1) is 0 Å². The minimum absolute atomic E-state index is 0.214. The van der Waals surface area contributed by atoms with Crippen LogP contribution in [0.1, 0.15) is 31.2 Å². The number of hydrogen-bond donors (Lipinski definition) is 1. The first kappa shape index (κ1) is 14.0. The maximum Gasteiger partial charge on any atom is 0.240 e. The van der Waals surface area contributed by atoms with Crippen molar-refractivity contribution in [1.82, 2.24) is 4.72 Å². The third-order valence-corrected chi connectivity index (χ3v) is 5.08. The van der Waals surface area contributed by atoms with Crippen molar-refractivity contribution >= 4 is 10.0 Å². The summed E-state index contributed by atoms with van der Waals surface area (Å²) in [6, 6.07) is 8.70. The molecule has 4 nitrogen and oxygen atoms in total. The average molecular weight is 278 g/mol. The van der Waals surface area contributed by atoms with Crippen molar-refractivity contribution in [3.8, 4) is 6.07 Å². The van der Waals surface area contributed by atoms with Gasteiger partial charge in [0.2, 0.25) is 10.0 Å². The highest BCUT2D eigenvalue weighted by molar-refractivity contribution is 7.89. The Kier molecular flexibility index (Phi) is 4.23. The largest absolute Gasteiger partial charge is 0.240 e. The molecular formula is C14H18N2O2S. The molecule has 0 aromatic heterocycles. The molecule has 1 aromatic carbocycles. The Hall–Kier alpha value is -1.38. The molecule has 0 bridgehead atoms. The Labute approximate surface area is 114 Å². The molecule has 5 heteroatoms. The molecule has 1 saturated carbocycles. The summed E-state index contributed by atoms with van der Waals surface area (Å²) in [5.41, 5.74) is 1.02. The minimum atomic E-state index is -3.52. The zero-order valence-electron chi connectivity index (χ0n) is 11.0. The van der Waals surface area contributed by atoms with Crippen LogP contribution in [0.15, 0.2) is 29.2 Å². The molecule has 0 radical (unpaired) electrons. The molecule has 0 amide bonds. The van der Waals surface area contributed by atoms with Gasteiger partial charge in [-0.1, -0.05) is 30.5 Å². The molecule has 2 atom stereocenters. The maximum absolute atomic E-state index is 12.3. The molecule has 0 aliphatic heterocycles. The Morgan fingerprint density at radius 3 is 2.47 bits per heavy atom. The van der Waals surface area contributed by atoms with Gasteiger partial charge in [0.25, 0.3) is 0 Å². The fourth-order valence-corrected chi connectivity index (χ4v) is 3.72. The number of nitrogens with one attached hydrogen (secondary N) is 1. The van der Waals surface area contributed by atoms with Crippen LogP contribution in [0.2, 0.25) is 0 Å².